The summed E-state index contributed by atoms with van der Waals surface area (Å²) in [7, 11) is 0.466. The van der Waals surface area contributed by atoms with E-state index in [1.807, 2.05) is 41.7 Å². The molecule has 3 aliphatic rings. The Bertz CT molecular complexity index is 1130. The SMILES string of the molecule is CCN1CCN(C2=CN3C(=O)C=C(c4cc5c(C)nc(C)cn5n4)PC3C=C2)C[C@H]1C. The van der Waals surface area contributed by atoms with Crippen LogP contribution >= 0.6 is 8.58 Å². The smallest absolute Gasteiger partial charge is 0.252 e. The first kappa shape index (κ1) is 20.4. The molecule has 7 nitrogen and oxygen atoms in total. The van der Waals surface area contributed by atoms with Crippen molar-refractivity contribution < 1.29 is 4.79 Å². The number of allylic oxidation sites excluding steroid dienone is 1. The first-order valence-electron chi connectivity index (χ1n) is 11.0. The minimum atomic E-state index is 0.0314. The number of nitrogens with zero attached hydrogens (tertiary/aromatic N) is 6. The fraction of sp³-hybridized carbons (Fsp3) is 0.435. The summed E-state index contributed by atoms with van der Waals surface area (Å²) >= 11 is 0. The molecular formula is C23H29N6OP. The highest BCUT2D eigenvalue weighted by Gasteiger charge is 2.31. The van der Waals surface area contributed by atoms with Gasteiger partial charge in [-0.25, -0.2) is 4.52 Å². The zero-order chi connectivity index (χ0) is 21.7. The van der Waals surface area contributed by atoms with Gasteiger partial charge < -0.3 is 9.80 Å². The molecule has 5 rings (SSSR count). The highest BCUT2D eigenvalue weighted by molar-refractivity contribution is 7.51. The predicted molar refractivity (Wildman–Crippen MR) is 125 cm³/mol. The zero-order valence-corrected chi connectivity index (χ0v) is 19.5. The standard InChI is InChI=1S/C23H29N6OP/c1-5-26-8-9-27(13-16(26)3)18-6-7-23-28(14-18)22(30)11-21(31-23)19-10-20-17(4)24-15(2)12-29(20)25-19/h6-7,10-12,14,16,23,31H,5,8-9,13H2,1-4H3/t16-,23?/m1/s1. The van der Waals surface area contributed by atoms with E-state index in [9.17, 15) is 4.79 Å². The average molecular weight is 437 g/mol. The molecule has 8 heteroatoms. The molecule has 1 saturated heterocycles. The third kappa shape index (κ3) is 3.70. The summed E-state index contributed by atoms with van der Waals surface area (Å²) in [6.07, 6.45) is 10.1. The fourth-order valence-electron chi connectivity index (χ4n) is 4.72. The van der Waals surface area contributed by atoms with Crippen LogP contribution in [0.25, 0.3) is 10.8 Å². The first-order chi connectivity index (χ1) is 14.9. The van der Waals surface area contributed by atoms with Crippen LogP contribution in [-0.4, -0.2) is 73.2 Å². The Labute approximate surface area is 184 Å². The van der Waals surface area contributed by atoms with Gasteiger partial charge in [-0.3, -0.25) is 14.7 Å². The largest absolute Gasteiger partial charge is 0.368 e. The fourth-order valence-corrected chi connectivity index (χ4v) is 6.05. The van der Waals surface area contributed by atoms with E-state index < -0.39 is 0 Å². The van der Waals surface area contributed by atoms with E-state index in [-0.39, 0.29) is 11.7 Å². The molecule has 0 spiro atoms. The van der Waals surface area contributed by atoms with Gasteiger partial charge in [0.2, 0.25) is 0 Å². The van der Waals surface area contributed by atoms with Crippen molar-refractivity contribution in [1.29, 1.82) is 0 Å². The Hall–Kier alpha value is -2.50. The van der Waals surface area contributed by atoms with E-state index >= 15 is 0 Å². The van der Waals surface area contributed by atoms with Crippen molar-refractivity contribution in [3.8, 4) is 0 Å². The molecule has 3 aliphatic heterocycles. The maximum absolute atomic E-state index is 13.0. The average Bonchev–Trinajstić information content (AvgIpc) is 3.18. The molecule has 0 aliphatic carbocycles. The molecule has 1 fully saturated rings. The summed E-state index contributed by atoms with van der Waals surface area (Å²) in [6.45, 7) is 12.6. The van der Waals surface area contributed by atoms with Crippen LogP contribution < -0.4 is 0 Å². The van der Waals surface area contributed by atoms with Gasteiger partial charge >= 0.3 is 0 Å². The van der Waals surface area contributed by atoms with Gasteiger partial charge in [0, 0.05) is 43.3 Å². The quantitative estimate of drug-likeness (QED) is 0.693. The number of amides is 1. The second kappa shape index (κ2) is 7.88. The van der Waals surface area contributed by atoms with Gasteiger partial charge in [-0.05, 0) is 39.5 Å². The molecule has 0 radical (unpaired) electrons. The lowest BCUT2D eigenvalue weighted by molar-refractivity contribution is -0.123. The van der Waals surface area contributed by atoms with Crippen LogP contribution in [0.2, 0.25) is 0 Å². The Morgan fingerprint density at radius 2 is 2.10 bits per heavy atom. The van der Waals surface area contributed by atoms with Crippen LogP contribution in [0.3, 0.4) is 0 Å². The summed E-state index contributed by atoms with van der Waals surface area (Å²) in [5, 5.41) is 5.75. The van der Waals surface area contributed by atoms with Gasteiger partial charge in [0.25, 0.3) is 5.91 Å². The van der Waals surface area contributed by atoms with E-state index in [0.29, 0.717) is 14.6 Å². The van der Waals surface area contributed by atoms with E-state index in [1.54, 1.807) is 6.08 Å². The number of rotatable bonds is 3. The molecule has 2 aromatic heterocycles. The van der Waals surface area contributed by atoms with Gasteiger partial charge in [-0.15, -0.1) is 0 Å². The lowest BCUT2D eigenvalue weighted by Crippen LogP contribution is -2.51. The van der Waals surface area contributed by atoms with Crippen LogP contribution in [0.4, 0.5) is 0 Å². The van der Waals surface area contributed by atoms with Crippen LogP contribution in [0.15, 0.2) is 42.4 Å². The van der Waals surface area contributed by atoms with E-state index in [4.69, 9.17) is 5.10 Å². The number of carbonyl (C=O) groups excluding carboxylic acids is 1. The third-order valence-corrected chi connectivity index (χ3v) is 7.90. The van der Waals surface area contributed by atoms with Gasteiger partial charge in [-0.2, -0.15) is 5.10 Å². The number of likely N-dealkylation sites (N-methyl/N-ethyl adjacent to an activating group) is 1. The second-order valence-corrected chi connectivity index (χ2v) is 9.98. The van der Waals surface area contributed by atoms with Crippen LogP contribution in [0.1, 0.15) is 30.9 Å². The Balaban J connectivity index is 1.38. The van der Waals surface area contributed by atoms with Gasteiger partial charge in [-0.1, -0.05) is 21.6 Å². The molecule has 3 atom stereocenters. The van der Waals surface area contributed by atoms with Crippen molar-refractivity contribution in [3.05, 3.63) is 59.5 Å². The van der Waals surface area contributed by atoms with Crippen molar-refractivity contribution in [2.45, 2.75) is 39.5 Å². The van der Waals surface area contributed by atoms with E-state index in [2.05, 4.69) is 40.8 Å². The first-order valence-corrected chi connectivity index (χ1v) is 12.0. The molecule has 0 aromatic carbocycles. The Morgan fingerprint density at radius 3 is 2.87 bits per heavy atom. The highest BCUT2D eigenvalue weighted by Crippen LogP contribution is 2.44. The van der Waals surface area contributed by atoms with Crippen LogP contribution in [-0.2, 0) is 4.79 Å². The number of hydrogen-bond donors (Lipinski definition) is 0. The predicted octanol–water partition coefficient (Wildman–Crippen LogP) is 2.97. The molecule has 5 heterocycles. The van der Waals surface area contributed by atoms with Crippen molar-refractivity contribution in [2.24, 2.45) is 0 Å². The maximum atomic E-state index is 13.0. The zero-order valence-electron chi connectivity index (χ0n) is 18.5. The van der Waals surface area contributed by atoms with Crippen molar-refractivity contribution in [2.75, 3.05) is 26.2 Å². The minimum Gasteiger partial charge on any atom is -0.368 e. The van der Waals surface area contributed by atoms with Gasteiger partial charge in [0.05, 0.1) is 40.3 Å². The molecule has 0 bridgehead atoms. The molecule has 162 valence electrons. The number of aryl methyl sites for hydroxylation is 2. The topological polar surface area (TPSA) is 57.0 Å². The molecule has 2 unspecified atom stereocenters. The molecule has 1 amide bonds. The Morgan fingerprint density at radius 1 is 1.26 bits per heavy atom. The Kier molecular flexibility index (Phi) is 5.19. The number of hydrogen-bond acceptors (Lipinski definition) is 5. The molecule has 31 heavy (non-hydrogen) atoms. The number of carbonyl (C=O) groups is 1. The van der Waals surface area contributed by atoms with Crippen molar-refractivity contribution in [1.82, 2.24) is 29.3 Å². The molecule has 0 saturated carbocycles. The van der Waals surface area contributed by atoms with Crippen LogP contribution in [0, 0.1) is 13.8 Å². The van der Waals surface area contributed by atoms with E-state index in [1.165, 1.54) is 0 Å². The van der Waals surface area contributed by atoms with Crippen molar-refractivity contribution >= 4 is 25.3 Å². The van der Waals surface area contributed by atoms with Crippen LogP contribution in [0.5, 0.6) is 0 Å². The monoisotopic (exact) mass is 436 g/mol. The number of aromatic nitrogens is 3. The summed E-state index contributed by atoms with van der Waals surface area (Å²) < 4.78 is 1.88. The lowest BCUT2D eigenvalue weighted by Gasteiger charge is -2.43. The summed E-state index contributed by atoms with van der Waals surface area (Å²) in [6, 6.07) is 2.57. The van der Waals surface area contributed by atoms with Crippen molar-refractivity contribution in [3.63, 3.8) is 0 Å². The maximum Gasteiger partial charge on any atom is 0.252 e. The summed E-state index contributed by atoms with van der Waals surface area (Å²) in [5.74, 6) is 0.0975. The normalized spacial score (nSPS) is 25.2. The van der Waals surface area contributed by atoms with Gasteiger partial charge in [0.1, 0.15) is 0 Å². The molecule has 2 aromatic rings. The lowest BCUT2D eigenvalue weighted by atomic mass is 10.1. The van der Waals surface area contributed by atoms with E-state index in [0.717, 1.165) is 59.8 Å². The third-order valence-electron chi connectivity index (χ3n) is 6.42. The highest BCUT2D eigenvalue weighted by atomic mass is 31.1. The molecule has 0 N–H and O–H groups in total. The number of fused-ring (bicyclic) bond motifs is 2. The second-order valence-electron chi connectivity index (χ2n) is 8.56. The number of piperazine rings is 1. The minimum absolute atomic E-state index is 0.0314. The summed E-state index contributed by atoms with van der Waals surface area (Å²) in [5.41, 5.74) is 4.88. The molecular weight excluding hydrogens is 407 g/mol. The van der Waals surface area contributed by atoms with Gasteiger partial charge in [0.15, 0.2) is 0 Å². The summed E-state index contributed by atoms with van der Waals surface area (Å²) in [4.78, 5) is 24.4.